The van der Waals surface area contributed by atoms with Crippen molar-refractivity contribution in [1.29, 1.82) is 0 Å². The number of likely N-dealkylation sites (tertiary alicyclic amines) is 1. The van der Waals surface area contributed by atoms with Crippen LogP contribution in [0.1, 0.15) is 32.6 Å². The molecule has 0 aromatic rings. The molecule has 1 atom stereocenters. The Kier molecular flexibility index (Phi) is 7.52. The topological polar surface area (TPSA) is 64.6 Å². The van der Waals surface area contributed by atoms with Crippen LogP contribution in [0.25, 0.3) is 0 Å². The van der Waals surface area contributed by atoms with Crippen molar-refractivity contribution in [3.8, 4) is 0 Å². The minimum absolute atomic E-state index is 0.120. The molecular weight excluding hydrogens is 242 g/mol. The number of aliphatic hydroxyl groups is 1. The highest BCUT2D eigenvalue weighted by Crippen LogP contribution is 2.09. The molecule has 19 heavy (non-hydrogen) atoms. The number of carbonyl (C=O) groups is 1. The molecule has 1 aliphatic rings. The number of amides is 2. The van der Waals surface area contributed by atoms with Crippen LogP contribution in [0.3, 0.4) is 0 Å². The van der Waals surface area contributed by atoms with E-state index in [2.05, 4.69) is 22.1 Å². The Labute approximate surface area is 116 Å². The summed E-state index contributed by atoms with van der Waals surface area (Å²) in [6.07, 6.45) is 4.91. The summed E-state index contributed by atoms with van der Waals surface area (Å²) in [5.74, 6) is 0. The van der Waals surface area contributed by atoms with Crippen molar-refractivity contribution in [3.63, 3.8) is 0 Å². The van der Waals surface area contributed by atoms with E-state index < -0.39 is 0 Å². The van der Waals surface area contributed by atoms with Crippen molar-refractivity contribution in [2.24, 2.45) is 0 Å². The van der Waals surface area contributed by atoms with Crippen molar-refractivity contribution in [2.75, 3.05) is 26.2 Å². The maximum absolute atomic E-state index is 11.7. The molecule has 0 radical (unpaired) electrons. The first-order valence-corrected chi connectivity index (χ1v) is 7.21. The van der Waals surface area contributed by atoms with Gasteiger partial charge in [-0.25, -0.2) is 4.79 Å². The van der Waals surface area contributed by atoms with Crippen LogP contribution in [0.4, 0.5) is 4.79 Å². The monoisotopic (exact) mass is 269 g/mol. The highest BCUT2D eigenvalue weighted by molar-refractivity contribution is 5.74. The highest BCUT2D eigenvalue weighted by atomic mass is 16.3. The SMILES string of the molecule is C=CCN1CCC(NC(=O)NCCC(O)CC)CC1. The molecule has 0 bridgehead atoms. The predicted molar refractivity (Wildman–Crippen MR) is 77.1 cm³/mol. The molecule has 5 heteroatoms. The van der Waals surface area contributed by atoms with Gasteiger partial charge < -0.3 is 15.7 Å². The number of hydrogen-bond donors (Lipinski definition) is 3. The summed E-state index contributed by atoms with van der Waals surface area (Å²) in [4.78, 5) is 14.0. The van der Waals surface area contributed by atoms with E-state index >= 15 is 0 Å². The maximum Gasteiger partial charge on any atom is 0.315 e. The lowest BCUT2D eigenvalue weighted by atomic mass is 10.1. The van der Waals surface area contributed by atoms with E-state index in [1.807, 2.05) is 13.0 Å². The quantitative estimate of drug-likeness (QED) is 0.606. The van der Waals surface area contributed by atoms with Crippen LogP contribution in [0.15, 0.2) is 12.7 Å². The number of rotatable bonds is 7. The third-order valence-corrected chi connectivity index (χ3v) is 3.54. The lowest BCUT2D eigenvalue weighted by Crippen LogP contribution is -2.48. The fourth-order valence-electron chi connectivity index (χ4n) is 2.24. The van der Waals surface area contributed by atoms with Gasteiger partial charge >= 0.3 is 6.03 Å². The summed E-state index contributed by atoms with van der Waals surface area (Å²) in [5, 5.41) is 15.2. The van der Waals surface area contributed by atoms with Gasteiger partial charge in [-0.2, -0.15) is 0 Å². The molecule has 110 valence electrons. The molecule has 0 aliphatic carbocycles. The smallest absolute Gasteiger partial charge is 0.315 e. The maximum atomic E-state index is 11.7. The zero-order chi connectivity index (χ0) is 14.1. The fourth-order valence-corrected chi connectivity index (χ4v) is 2.24. The average Bonchev–Trinajstić information content (AvgIpc) is 2.41. The van der Waals surface area contributed by atoms with Gasteiger partial charge in [0.1, 0.15) is 0 Å². The molecule has 2 amide bonds. The second kappa shape index (κ2) is 8.93. The van der Waals surface area contributed by atoms with Crippen molar-refractivity contribution >= 4 is 6.03 Å². The second-order valence-electron chi connectivity index (χ2n) is 5.11. The van der Waals surface area contributed by atoms with Crippen molar-refractivity contribution < 1.29 is 9.90 Å². The number of nitrogens with zero attached hydrogens (tertiary/aromatic N) is 1. The summed E-state index contributed by atoms with van der Waals surface area (Å²) < 4.78 is 0. The van der Waals surface area contributed by atoms with E-state index in [1.54, 1.807) is 0 Å². The average molecular weight is 269 g/mol. The first kappa shape index (κ1) is 16.0. The minimum Gasteiger partial charge on any atom is -0.393 e. The normalized spacial score (nSPS) is 18.8. The van der Waals surface area contributed by atoms with Crippen LogP contribution in [0.2, 0.25) is 0 Å². The van der Waals surface area contributed by atoms with Gasteiger partial charge in [0.05, 0.1) is 6.10 Å². The van der Waals surface area contributed by atoms with Crippen LogP contribution < -0.4 is 10.6 Å². The van der Waals surface area contributed by atoms with E-state index in [-0.39, 0.29) is 18.2 Å². The summed E-state index contributed by atoms with van der Waals surface area (Å²) in [6.45, 7) is 9.13. The van der Waals surface area contributed by atoms with Crippen LogP contribution in [0, 0.1) is 0 Å². The molecule has 0 aromatic carbocycles. The molecule has 1 unspecified atom stereocenters. The molecular formula is C14H27N3O2. The van der Waals surface area contributed by atoms with Crippen LogP contribution in [-0.2, 0) is 0 Å². The summed E-state index contributed by atoms with van der Waals surface area (Å²) >= 11 is 0. The second-order valence-corrected chi connectivity index (χ2v) is 5.11. The molecule has 3 N–H and O–H groups in total. The molecule has 1 saturated heterocycles. The molecule has 1 heterocycles. The van der Waals surface area contributed by atoms with E-state index in [0.29, 0.717) is 13.0 Å². The predicted octanol–water partition coefficient (Wildman–Crippen LogP) is 1.10. The molecule has 1 fully saturated rings. The molecule has 1 aliphatic heterocycles. The number of carbonyl (C=O) groups excluding carboxylic acids is 1. The lowest BCUT2D eigenvalue weighted by Gasteiger charge is -2.31. The molecule has 0 saturated carbocycles. The first-order valence-electron chi connectivity index (χ1n) is 7.21. The lowest BCUT2D eigenvalue weighted by molar-refractivity contribution is 0.159. The van der Waals surface area contributed by atoms with Crippen LogP contribution in [0.5, 0.6) is 0 Å². The third-order valence-electron chi connectivity index (χ3n) is 3.54. The number of nitrogens with one attached hydrogen (secondary N) is 2. The fraction of sp³-hybridized carbons (Fsp3) is 0.786. The zero-order valence-electron chi connectivity index (χ0n) is 11.9. The van der Waals surface area contributed by atoms with Gasteiger partial charge in [0, 0.05) is 32.2 Å². The number of hydrogen-bond acceptors (Lipinski definition) is 3. The van der Waals surface area contributed by atoms with E-state index in [1.165, 1.54) is 0 Å². The van der Waals surface area contributed by atoms with E-state index in [4.69, 9.17) is 0 Å². The van der Waals surface area contributed by atoms with Crippen LogP contribution in [-0.4, -0.2) is 54.4 Å². The van der Waals surface area contributed by atoms with Crippen molar-refractivity contribution in [3.05, 3.63) is 12.7 Å². The Morgan fingerprint density at radius 3 is 2.79 bits per heavy atom. The summed E-state index contributed by atoms with van der Waals surface area (Å²) in [6, 6.07) is 0.141. The summed E-state index contributed by atoms with van der Waals surface area (Å²) in [7, 11) is 0. The standard InChI is InChI=1S/C14H27N3O2/c1-3-9-17-10-6-12(7-11-17)16-14(19)15-8-5-13(18)4-2/h3,12-13,18H,1,4-11H2,2H3,(H2,15,16,19). The largest absolute Gasteiger partial charge is 0.393 e. The van der Waals surface area contributed by atoms with Gasteiger partial charge in [0.15, 0.2) is 0 Å². The third kappa shape index (κ3) is 6.59. The Balaban J connectivity index is 2.11. The minimum atomic E-state index is -0.317. The van der Waals surface area contributed by atoms with Gasteiger partial charge in [-0.15, -0.1) is 6.58 Å². The van der Waals surface area contributed by atoms with Gasteiger partial charge in [-0.05, 0) is 25.7 Å². The van der Waals surface area contributed by atoms with Crippen LogP contribution >= 0.6 is 0 Å². The Morgan fingerprint density at radius 1 is 1.53 bits per heavy atom. The van der Waals surface area contributed by atoms with Crippen molar-refractivity contribution in [1.82, 2.24) is 15.5 Å². The highest BCUT2D eigenvalue weighted by Gasteiger charge is 2.19. The Morgan fingerprint density at radius 2 is 2.21 bits per heavy atom. The Hall–Kier alpha value is -1.07. The Bertz CT molecular complexity index is 276. The van der Waals surface area contributed by atoms with E-state index in [0.717, 1.165) is 38.9 Å². The van der Waals surface area contributed by atoms with Gasteiger partial charge in [-0.1, -0.05) is 13.0 Å². The molecule has 5 nitrogen and oxygen atoms in total. The van der Waals surface area contributed by atoms with Gasteiger partial charge in [-0.3, -0.25) is 4.90 Å². The molecule has 1 rings (SSSR count). The first-order chi connectivity index (χ1) is 9.15. The van der Waals surface area contributed by atoms with Crippen molar-refractivity contribution in [2.45, 2.75) is 44.8 Å². The van der Waals surface area contributed by atoms with Gasteiger partial charge in [0.2, 0.25) is 0 Å². The molecule has 0 spiro atoms. The molecule has 0 aromatic heterocycles. The van der Waals surface area contributed by atoms with E-state index in [9.17, 15) is 9.90 Å². The van der Waals surface area contributed by atoms with Gasteiger partial charge in [0.25, 0.3) is 0 Å². The zero-order valence-corrected chi connectivity index (χ0v) is 11.9. The summed E-state index contributed by atoms with van der Waals surface area (Å²) in [5.41, 5.74) is 0. The number of piperidine rings is 1. The number of urea groups is 1. The number of aliphatic hydroxyl groups excluding tert-OH is 1.